The molecule has 2 aromatic rings. The molecule has 2 saturated heterocycles. The summed E-state index contributed by atoms with van der Waals surface area (Å²) in [5.74, 6) is 2.89. The summed E-state index contributed by atoms with van der Waals surface area (Å²) in [5, 5.41) is 3.43. The van der Waals surface area contributed by atoms with Gasteiger partial charge in [-0.05, 0) is 43.7 Å². The van der Waals surface area contributed by atoms with Crippen molar-refractivity contribution in [3.63, 3.8) is 0 Å². The van der Waals surface area contributed by atoms with E-state index in [1.54, 1.807) is 0 Å². The Morgan fingerprint density at radius 1 is 0.962 bits per heavy atom. The van der Waals surface area contributed by atoms with E-state index in [0.717, 1.165) is 19.0 Å². The fraction of sp³-hybridized carbons (Fsp3) is 0.682. The average Bonchev–Trinajstić information content (AvgIpc) is 3.00. The lowest BCUT2D eigenvalue weighted by Gasteiger charge is -2.37. The van der Waals surface area contributed by atoms with Gasteiger partial charge < -0.3 is 14.8 Å². The Kier molecular flexibility index (Phi) is 4.72. The zero-order chi connectivity index (χ0) is 17.3. The first kappa shape index (κ1) is 16.8. The van der Waals surface area contributed by atoms with Crippen molar-refractivity contribution in [3.05, 3.63) is 30.1 Å². The average molecular weight is 353 g/mol. The molecule has 3 aliphatic rings. The molecule has 1 aliphatic carbocycles. The Bertz CT molecular complexity index is 734. The smallest absolute Gasteiger partial charge is 0.115 e. The predicted octanol–water partition coefficient (Wildman–Crippen LogP) is 3.94. The third kappa shape index (κ3) is 3.18. The van der Waals surface area contributed by atoms with E-state index in [1.807, 2.05) is 0 Å². The number of para-hydroxylation sites is 2. The quantitative estimate of drug-likeness (QED) is 0.905. The lowest BCUT2D eigenvalue weighted by molar-refractivity contribution is 0.147. The molecule has 2 aliphatic heterocycles. The highest BCUT2D eigenvalue weighted by Crippen LogP contribution is 2.33. The number of fused-ring (bicyclic) bond motifs is 1. The molecule has 0 amide bonds. The Labute approximate surface area is 157 Å². The number of hydrogen-bond acceptors (Lipinski definition) is 3. The number of aromatic nitrogens is 2. The second-order valence-electron chi connectivity index (χ2n) is 8.72. The van der Waals surface area contributed by atoms with Crippen LogP contribution in [0, 0.1) is 5.92 Å². The Balaban J connectivity index is 1.31. The van der Waals surface area contributed by atoms with E-state index in [2.05, 4.69) is 39.0 Å². The first-order valence-electron chi connectivity index (χ1n) is 10.8. The number of rotatable bonds is 4. The summed E-state index contributed by atoms with van der Waals surface area (Å²) in [6, 6.07) is 9.36. The van der Waals surface area contributed by atoms with Gasteiger partial charge in [-0.2, -0.15) is 0 Å². The van der Waals surface area contributed by atoms with Crippen LogP contribution in [-0.2, 0) is 0 Å². The molecule has 1 aromatic heterocycles. The Morgan fingerprint density at radius 2 is 1.73 bits per heavy atom. The SMILES string of the molecule is c1ccc2c(c1)nc(C1CNC1)n2C1CCN(CC2CCCCC2)CC1. The van der Waals surface area contributed by atoms with E-state index in [-0.39, 0.29) is 0 Å². The molecule has 1 aromatic carbocycles. The molecule has 5 rings (SSSR count). The first-order valence-corrected chi connectivity index (χ1v) is 10.8. The number of likely N-dealkylation sites (tertiary alicyclic amines) is 1. The summed E-state index contributed by atoms with van der Waals surface area (Å²) in [6.07, 6.45) is 9.86. The largest absolute Gasteiger partial charge is 0.324 e. The van der Waals surface area contributed by atoms with Crippen molar-refractivity contribution in [3.8, 4) is 0 Å². The number of hydrogen-bond donors (Lipinski definition) is 1. The number of piperidine rings is 1. The van der Waals surface area contributed by atoms with Gasteiger partial charge >= 0.3 is 0 Å². The minimum atomic E-state index is 0.600. The molecule has 0 spiro atoms. The van der Waals surface area contributed by atoms with Crippen molar-refractivity contribution in [2.75, 3.05) is 32.7 Å². The monoisotopic (exact) mass is 352 g/mol. The van der Waals surface area contributed by atoms with E-state index in [1.165, 1.54) is 81.4 Å². The summed E-state index contributed by atoms with van der Waals surface area (Å²) < 4.78 is 2.61. The van der Waals surface area contributed by atoms with Crippen LogP contribution in [0.2, 0.25) is 0 Å². The van der Waals surface area contributed by atoms with Gasteiger partial charge in [0.15, 0.2) is 0 Å². The fourth-order valence-electron chi connectivity index (χ4n) is 5.30. The summed E-state index contributed by atoms with van der Waals surface area (Å²) in [6.45, 7) is 6.04. The summed E-state index contributed by atoms with van der Waals surface area (Å²) in [4.78, 5) is 7.78. The third-order valence-electron chi connectivity index (χ3n) is 6.93. The van der Waals surface area contributed by atoms with Gasteiger partial charge in [-0.3, -0.25) is 0 Å². The summed E-state index contributed by atoms with van der Waals surface area (Å²) in [7, 11) is 0. The van der Waals surface area contributed by atoms with Gasteiger partial charge in [0.1, 0.15) is 5.82 Å². The lowest BCUT2D eigenvalue weighted by atomic mass is 9.88. The first-order chi connectivity index (χ1) is 12.9. The van der Waals surface area contributed by atoms with Crippen molar-refractivity contribution < 1.29 is 0 Å². The number of nitrogens with one attached hydrogen (secondary N) is 1. The topological polar surface area (TPSA) is 33.1 Å². The van der Waals surface area contributed by atoms with Gasteiger partial charge in [0.25, 0.3) is 0 Å². The predicted molar refractivity (Wildman–Crippen MR) is 107 cm³/mol. The normalized spacial score (nSPS) is 24.2. The van der Waals surface area contributed by atoms with Gasteiger partial charge in [-0.25, -0.2) is 4.98 Å². The van der Waals surface area contributed by atoms with Crippen molar-refractivity contribution in [2.45, 2.75) is 56.9 Å². The van der Waals surface area contributed by atoms with Crippen LogP contribution in [-0.4, -0.2) is 47.2 Å². The van der Waals surface area contributed by atoms with Gasteiger partial charge in [-0.1, -0.05) is 31.4 Å². The highest BCUT2D eigenvalue weighted by atomic mass is 15.2. The summed E-state index contributed by atoms with van der Waals surface area (Å²) in [5.41, 5.74) is 2.53. The van der Waals surface area contributed by atoms with Crippen molar-refractivity contribution in [2.24, 2.45) is 5.92 Å². The molecule has 0 bridgehead atoms. The maximum absolute atomic E-state index is 5.03. The van der Waals surface area contributed by atoms with Gasteiger partial charge in [0, 0.05) is 44.7 Å². The van der Waals surface area contributed by atoms with E-state index in [0.29, 0.717) is 12.0 Å². The molecule has 1 saturated carbocycles. The van der Waals surface area contributed by atoms with Gasteiger partial charge in [0.05, 0.1) is 11.0 Å². The van der Waals surface area contributed by atoms with Crippen LogP contribution in [0.25, 0.3) is 11.0 Å². The second kappa shape index (κ2) is 7.32. The van der Waals surface area contributed by atoms with Crippen LogP contribution in [0.4, 0.5) is 0 Å². The van der Waals surface area contributed by atoms with Crippen molar-refractivity contribution in [1.82, 2.24) is 19.8 Å². The van der Waals surface area contributed by atoms with Gasteiger partial charge in [-0.15, -0.1) is 0 Å². The Hall–Kier alpha value is -1.39. The molecule has 1 N–H and O–H groups in total. The molecule has 0 unspecified atom stereocenters. The third-order valence-corrected chi connectivity index (χ3v) is 6.93. The molecule has 3 heterocycles. The maximum atomic E-state index is 5.03. The van der Waals surface area contributed by atoms with Crippen molar-refractivity contribution >= 4 is 11.0 Å². The molecule has 0 radical (unpaired) electrons. The fourth-order valence-corrected chi connectivity index (χ4v) is 5.30. The van der Waals surface area contributed by atoms with E-state index < -0.39 is 0 Å². The van der Waals surface area contributed by atoms with E-state index in [9.17, 15) is 0 Å². The van der Waals surface area contributed by atoms with E-state index in [4.69, 9.17) is 4.98 Å². The van der Waals surface area contributed by atoms with Crippen LogP contribution < -0.4 is 5.32 Å². The van der Waals surface area contributed by atoms with Gasteiger partial charge in [0.2, 0.25) is 0 Å². The minimum Gasteiger partial charge on any atom is -0.324 e. The zero-order valence-electron chi connectivity index (χ0n) is 15.9. The molecule has 140 valence electrons. The number of benzene rings is 1. The molecule has 0 atom stereocenters. The summed E-state index contributed by atoms with van der Waals surface area (Å²) >= 11 is 0. The Morgan fingerprint density at radius 3 is 2.46 bits per heavy atom. The minimum absolute atomic E-state index is 0.600. The highest BCUT2D eigenvalue weighted by molar-refractivity contribution is 5.76. The van der Waals surface area contributed by atoms with Crippen molar-refractivity contribution in [1.29, 1.82) is 0 Å². The van der Waals surface area contributed by atoms with E-state index >= 15 is 0 Å². The van der Waals surface area contributed by atoms with Crippen LogP contribution in [0.1, 0.15) is 62.7 Å². The standard InChI is InChI=1S/C22H32N4/c1-2-6-17(7-3-1)16-25-12-10-19(11-13-25)26-21-9-5-4-8-20(21)24-22(26)18-14-23-15-18/h4-5,8-9,17-19,23H,1-3,6-7,10-16H2. The molecule has 4 heteroatoms. The molecular weight excluding hydrogens is 320 g/mol. The molecule has 26 heavy (non-hydrogen) atoms. The number of imidazole rings is 1. The van der Waals surface area contributed by atoms with Crippen LogP contribution in [0.3, 0.4) is 0 Å². The maximum Gasteiger partial charge on any atom is 0.115 e. The molecule has 4 nitrogen and oxygen atoms in total. The van der Waals surface area contributed by atoms with Crippen LogP contribution >= 0.6 is 0 Å². The highest BCUT2D eigenvalue weighted by Gasteiger charge is 2.30. The van der Waals surface area contributed by atoms with Crippen LogP contribution in [0.5, 0.6) is 0 Å². The zero-order valence-corrected chi connectivity index (χ0v) is 15.9. The lowest BCUT2D eigenvalue weighted by Crippen LogP contribution is -2.43. The molecule has 3 fully saturated rings. The van der Waals surface area contributed by atoms with Crippen LogP contribution in [0.15, 0.2) is 24.3 Å². The second-order valence-corrected chi connectivity index (χ2v) is 8.72. The number of nitrogens with zero attached hydrogens (tertiary/aromatic N) is 3. The molecular formula is C22H32N4.